The van der Waals surface area contributed by atoms with Crippen LogP contribution in [0.3, 0.4) is 0 Å². The average molecular weight is 291 g/mol. The number of carbonyl (C=O) groups is 2. The quantitative estimate of drug-likeness (QED) is 0.834. The molecule has 0 aliphatic heterocycles. The van der Waals surface area contributed by atoms with E-state index in [1.807, 2.05) is 0 Å². The Hall–Kier alpha value is -1.98. The fraction of sp³-hybridized carbons (Fsp3) is 0.600. The summed E-state index contributed by atoms with van der Waals surface area (Å²) in [5.41, 5.74) is 0.395. The number of aromatic nitrogens is 2. The van der Waals surface area contributed by atoms with Crippen LogP contribution in [0.25, 0.3) is 0 Å². The van der Waals surface area contributed by atoms with Gasteiger partial charge < -0.3 is 10.4 Å². The summed E-state index contributed by atoms with van der Waals surface area (Å²) in [6.07, 6.45) is 5.67. The van der Waals surface area contributed by atoms with E-state index in [-0.39, 0.29) is 24.2 Å². The fourth-order valence-corrected chi connectivity index (χ4v) is 3.06. The van der Waals surface area contributed by atoms with Crippen LogP contribution >= 0.6 is 0 Å². The summed E-state index contributed by atoms with van der Waals surface area (Å²) in [7, 11) is 0. The monoisotopic (exact) mass is 291 g/mol. The van der Waals surface area contributed by atoms with E-state index in [1.54, 1.807) is 19.2 Å². The lowest BCUT2D eigenvalue weighted by atomic mass is 9.79. The molecule has 1 fully saturated rings. The van der Waals surface area contributed by atoms with E-state index in [9.17, 15) is 9.59 Å². The summed E-state index contributed by atoms with van der Waals surface area (Å²) in [5.74, 6) is -0.259. The Morgan fingerprint density at radius 2 is 2.05 bits per heavy atom. The number of hydrogen-bond acceptors (Lipinski definition) is 4. The number of nitrogens with zero attached hydrogens (tertiary/aromatic N) is 2. The van der Waals surface area contributed by atoms with Gasteiger partial charge in [-0.05, 0) is 31.2 Å². The molecule has 21 heavy (non-hydrogen) atoms. The fourth-order valence-electron chi connectivity index (χ4n) is 3.06. The second kappa shape index (κ2) is 6.65. The largest absolute Gasteiger partial charge is 0.481 e. The molecule has 2 N–H and O–H groups in total. The van der Waals surface area contributed by atoms with Crippen molar-refractivity contribution in [2.75, 3.05) is 0 Å². The molecule has 0 atom stereocenters. The number of carboxylic acid groups (broad SMARTS) is 1. The summed E-state index contributed by atoms with van der Waals surface area (Å²) in [6, 6.07) is 1.76. The molecule has 6 heteroatoms. The number of aryl methyl sites for hydroxylation is 1. The van der Waals surface area contributed by atoms with Crippen molar-refractivity contribution in [2.24, 2.45) is 5.41 Å². The molecule has 114 valence electrons. The lowest BCUT2D eigenvalue weighted by Gasteiger charge is -2.26. The Morgan fingerprint density at radius 3 is 2.67 bits per heavy atom. The highest BCUT2D eigenvalue weighted by Gasteiger charge is 2.37. The van der Waals surface area contributed by atoms with Gasteiger partial charge in [0, 0.05) is 12.6 Å². The van der Waals surface area contributed by atoms with Crippen molar-refractivity contribution in [2.45, 2.75) is 52.0 Å². The number of carboxylic acids is 1. The topological polar surface area (TPSA) is 92.2 Å². The van der Waals surface area contributed by atoms with E-state index in [4.69, 9.17) is 5.11 Å². The molecule has 1 aliphatic carbocycles. The lowest BCUT2D eigenvalue weighted by Crippen LogP contribution is -2.32. The van der Waals surface area contributed by atoms with E-state index in [1.165, 1.54) is 0 Å². The molecule has 1 aliphatic rings. The van der Waals surface area contributed by atoms with E-state index < -0.39 is 5.97 Å². The molecule has 6 nitrogen and oxygen atoms in total. The van der Waals surface area contributed by atoms with Gasteiger partial charge in [0.25, 0.3) is 0 Å². The first-order valence-corrected chi connectivity index (χ1v) is 7.26. The molecule has 0 saturated heterocycles. The first-order valence-electron chi connectivity index (χ1n) is 7.26. The Kier molecular flexibility index (Phi) is 4.88. The molecule has 1 amide bonds. The minimum Gasteiger partial charge on any atom is -0.481 e. The molecular formula is C15H21N3O3. The van der Waals surface area contributed by atoms with Crippen molar-refractivity contribution in [1.82, 2.24) is 15.3 Å². The van der Waals surface area contributed by atoms with Crippen molar-refractivity contribution in [1.29, 1.82) is 0 Å². The zero-order valence-electron chi connectivity index (χ0n) is 12.3. The summed E-state index contributed by atoms with van der Waals surface area (Å²) in [6.45, 7) is 2.15. The Labute approximate surface area is 124 Å². The predicted molar refractivity (Wildman–Crippen MR) is 76.4 cm³/mol. The van der Waals surface area contributed by atoms with Crippen LogP contribution in [-0.2, 0) is 16.1 Å². The third-order valence-electron chi connectivity index (χ3n) is 4.03. The lowest BCUT2D eigenvalue weighted by molar-refractivity contribution is -0.140. The van der Waals surface area contributed by atoms with Crippen LogP contribution in [0.2, 0.25) is 0 Å². The maximum absolute atomic E-state index is 12.1. The molecular weight excluding hydrogens is 270 g/mol. The molecule has 1 aromatic heterocycles. The first kappa shape index (κ1) is 15.4. The average Bonchev–Trinajstić information content (AvgIpc) is 2.83. The van der Waals surface area contributed by atoms with E-state index >= 15 is 0 Å². The zero-order valence-corrected chi connectivity index (χ0v) is 12.3. The summed E-state index contributed by atoms with van der Waals surface area (Å²) < 4.78 is 0. The molecule has 0 bridgehead atoms. The Bertz CT molecular complexity index is 525. The molecule has 0 spiro atoms. The zero-order chi connectivity index (χ0) is 15.3. The van der Waals surface area contributed by atoms with Crippen molar-refractivity contribution in [3.8, 4) is 0 Å². The summed E-state index contributed by atoms with van der Waals surface area (Å²) in [5, 5.41) is 11.9. The van der Waals surface area contributed by atoms with Crippen LogP contribution in [0.4, 0.5) is 0 Å². The van der Waals surface area contributed by atoms with Gasteiger partial charge in [-0.2, -0.15) is 0 Å². The van der Waals surface area contributed by atoms with Gasteiger partial charge in [0.2, 0.25) is 5.91 Å². The van der Waals surface area contributed by atoms with Crippen molar-refractivity contribution < 1.29 is 14.7 Å². The highest BCUT2D eigenvalue weighted by Crippen LogP contribution is 2.43. The molecule has 0 unspecified atom stereocenters. The number of amides is 1. The van der Waals surface area contributed by atoms with Gasteiger partial charge in [-0.1, -0.05) is 12.8 Å². The maximum Gasteiger partial charge on any atom is 0.303 e. The Morgan fingerprint density at radius 1 is 1.33 bits per heavy atom. The second-order valence-electron chi connectivity index (χ2n) is 5.83. The van der Waals surface area contributed by atoms with Gasteiger partial charge >= 0.3 is 5.97 Å². The van der Waals surface area contributed by atoms with Crippen LogP contribution in [0.1, 0.15) is 50.0 Å². The highest BCUT2D eigenvalue weighted by atomic mass is 16.4. The van der Waals surface area contributed by atoms with Crippen molar-refractivity contribution in [3.63, 3.8) is 0 Å². The van der Waals surface area contributed by atoms with E-state index in [0.29, 0.717) is 12.4 Å². The standard InChI is InChI=1S/C15H21N3O3/c1-11-16-7-4-12(18-11)10-17-13(19)8-15(9-14(20)21)5-2-3-6-15/h4,7H,2-3,5-6,8-10H2,1H3,(H,17,19)(H,20,21). The highest BCUT2D eigenvalue weighted by molar-refractivity contribution is 5.78. The smallest absolute Gasteiger partial charge is 0.303 e. The number of carbonyl (C=O) groups excluding carboxylic acids is 1. The predicted octanol–water partition coefficient (Wildman–Crippen LogP) is 1.83. The van der Waals surface area contributed by atoms with Gasteiger partial charge in [0.05, 0.1) is 18.7 Å². The van der Waals surface area contributed by atoms with Crippen LogP contribution < -0.4 is 5.32 Å². The number of nitrogens with one attached hydrogen (secondary N) is 1. The molecule has 0 radical (unpaired) electrons. The van der Waals surface area contributed by atoms with Gasteiger partial charge in [-0.25, -0.2) is 9.97 Å². The normalized spacial score (nSPS) is 16.6. The van der Waals surface area contributed by atoms with Crippen LogP contribution in [-0.4, -0.2) is 27.0 Å². The SMILES string of the molecule is Cc1nccc(CNC(=O)CC2(CC(=O)O)CCCC2)n1. The van der Waals surface area contributed by atoms with Gasteiger partial charge in [0.15, 0.2) is 0 Å². The minimum atomic E-state index is -0.823. The number of hydrogen-bond donors (Lipinski definition) is 2. The van der Waals surface area contributed by atoms with Crippen molar-refractivity contribution >= 4 is 11.9 Å². The van der Waals surface area contributed by atoms with Crippen molar-refractivity contribution in [3.05, 3.63) is 23.8 Å². The molecule has 2 rings (SSSR count). The second-order valence-corrected chi connectivity index (χ2v) is 5.83. The molecule has 1 heterocycles. The summed E-state index contributed by atoms with van der Waals surface area (Å²) >= 11 is 0. The van der Waals surface area contributed by atoms with Gasteiger partial charge in [0.1, 0.15) is 5.82 Å². The van der Waals surface area contributed by atoms with Crippen LogP contribution in [0.5, 0.6) is 0 Å². The van der Waals surface area contributed by atoms with Crippen LogP contribution in [0, 0.1) is 12.3 Å². The number of aliphatic carboxylic acids is 1. The van der Waals surface area contributed by atoms with E-state index in [2.05, 4.69) is 15.3 Å². The first-order chi connectivity index (χ1) is 9.99. The molecule has 1 saturated carbocycles. The molecule has 0 aromatic carbocycles. The third-order valence-corrected chi connectivity index (χ3v) is 4.03. The Balaban J connectivity index is 1.89. The minimum absolute atomic E-state index is 0.0764. The third kappa shape index (κ3) is 4.51. The van der Waals surface area contributed by atoms with Crippen LogP contribution in [0.15, 0.2) is 12.3 Å². The maximum atomic E-state index is 12.1. The van der Waals surface area contributed by atoms with E-state index in [0.717, 1.165) is 31.4 Å². The van der Waals surface area contributed by atoms with Gasteiger partial charge in [-0.3, -0.25) is 9.59 Å². The molecule has 1 aromatic rings. The summed E-state index contributed by atoms with van der Waals surface area (Å²) in [4.78, 5) is 31.3. The number of rotatable bonds is 6. The van der Waals surface area contributed by atoms with Gasteiger partial charge in [-0.15, -0.1) is 0 Å².